The summed E-state index contributed by atoms with van der Waals surface area (Å²) in [6.45, 7) is 0. The first-order valence-corrected chi connectivity index (χ1v) is 7.89. The molecule has 0 aliphatic heterocycles. The second-order valence-electron chi connectivity index (χ2n) is 4.73. The van der Waals surface area contributed by atoms with Gasteiger partial charge in [0.25, 0.3) is 5.91 Å². The molecule has 102 valence electrons. The van der Waals surface area contributed by atoms with Crippen molar-refractivity contribution >= 4 is 50.3 Å². The monoisotopic (exact) mass is 436 g/mol. The number of primary amides is 1. The summed E-state index contributed by atoms with van der Waals surface area (Å²) in [6.07, 6.45) is 3.08. The van der Waals surface area contributed by atoms with Crippen molar-refractivity contribution in [2.45, 2.75) is 31.2 Å². The lowest BCUT2D eigenvalue weighted by atomic mass is 9.96. The molecule has 1 aromatic rings. The van der Waals surface area contributed by atoms with E-state index in [9.17, 15) is 9.59 Å². The molecule has 1 aliphatic carbocycles. The molecular formula is C13H14BrIN2O2. The molecule has 6 heteroatoms. The van der Waals surface area contributed by atoms with Crippen LogP contribution >= 0.6 is 38.5 Å². The Morgan fingerprint density at radius 3 is 2.53 bits per heavy atom. The first kappa shape index (κ1) is 14.8. The molecule has 4 nitrogen and oxygen atoms in total. The second kappa shape index (κ2) is 5.78. The average Bonchev–Trinajstić information content (AvgIpc) is 2.82. The van der Waals surface area contributed by atoms with E-state index in [-0.39, 0.29) is 5.91 Å². The van der Waals surface area contributed by atoms with Gasteiger partial charge in [-0.2, -0.15) is 0 Å². The lowest BCUT2D eigenvalue weighted by Gasteiger charge is -2.26. The molecule has 0 unspecified atom stereocenters. The van der Waals surface area contributed by atoms with E-state index in [1.54, 1.807) is 6.07 Å². The maximum Gasteiger partial charge on any atom is 0.253 e. The van der Waals surface area contributed by atoms with Crippen molar-refractivity contribution < 1.29 is 9.59 Å². The molecule has 2 amide bonds. The fraction of sp³-hybridized carbons (Fsp3) is 0.385. The predicted molar refractivity (Wildman–Crippen MR) is 84.7 cm³/mol. The minimum atomic E-state index is -0.873. The van der Waals surface area contributed by atoms with Gasteiger partial charge in [0.2, 0.25) is 5.91 Å². The maximum absolute atomic E-state index is 12.3. The molecule has 1 fully saturated rings. The van der Waals surface area contributed by atoms with E-state index in [1.165, 1.54) is 0 Å². The van der Waals surface area contributed by atoms with E-state index in [1.807, 2.05) is 12.1 Å². The zero-order valence-electron chi connectivity index (χ0n) is 10.2. The van der Waals surface area contributed by atoms with Gasteiger partial charge in [0.1, 0.15) is 5.54 Å². The highest BCUT2D eigenvalue weighted by atomic mass is 127. The highest BCUT2D eigenvalue weighted by Gasteiger charge is 2.41. The number of rotatable bonds is 3. The number of carbonyl (C=O) groups excluding carboxylic acids is 2. The van der Waals surface area contributed by atoms with Crippen LogP contribution in [-0.4, -0.2) is 17.4 Å². The SMILES string of the molecule is NC(=O)C1(NC(=O)c2cc(Br)ccc2I)CCCC1. The number of nitrogens with one attached hydrogen (secondary N) is 1. The fourth-order valence-electron chi connectivity index (χ4n) is 2.37. The molecule has 0 heterocycles. The van der Waals surface area contributed by atoms with E-state index in [0.717, 1.165) is 20.9 Å². The Morgan fingerprint density at radius 2 is 1.95 bits per heavy atom. The van der Waals surface area contributed by atoms with Crippen LogP contribution in [0, 0.1) is 3.57 Å². The molecule has 0 bridgehead atoms. The Bertz CT molecular complexity index is 527. The largest absolute Gasteiger partial charge is 0.368 e. The van der Waals surface area contributed by atoms with E-state index in [2.05, 4.69) is 43.8 Å². The third-order valence-corrected chi connectivity index (χ3v) is 4.89. The van der Waals surface area contributed by atoms with Crippen LogP contribution in [0.1, 0.15) is 36.0 Å². The van der Waals surface area contributed by atoms with Gasteiger partial charge in [-0.15, -0.1) is 0 Å². The summed E-state index contributed by atoms with van der Waals surface area (Å²) in [5.74, 6) is -0.685. The van der Waals surface area contributed by atoms with Crippen LogP contribution in [0.5, 0.6) is 0 Å². The normalized spacial score (nSPS) is 17.2. The highest BCUT2D eigenvalue weighted by Crippen LogP contribution is 2.30. The highest BCUT2D eigenvalue weighted by molar-refractivity contribution is 14.1. The van der Waals surface area contributed by atoms with Crippen molar-refractivity contribution in [1.82, 2.24) is 5.32 Å². The van der Waals surface area contributed by atoms with E-state index >= 15 is 0 Å². The van der Waals surface area contributed by atoms with Crippen molar-refractivity contribution in [2.75, 3.05) is 0 Å². The minimum Gasteiger partial charge on any atom is -0.368 e. The fourth-order valence-corrected chi connectivity index (χ4v) is 3.31. The molecule has 19 heavy (non-hydrogen) atoms. The maximum atomic E-state index is 12.3. The van der Waals surface area contributed by atoms with Crippen molar-refractivity contribution in [2.24, 2.45) is 5.73 Å². The summed E-state index contributed by atoms with van der Waals surface area (Å²) in [5.41, 5.74) is 5.15. The summed E-state index contributed by atoms with van der Waals surface area (Å²) in [7, 11) is 0. The topological polar surface area (TPSA) is 72.2 Å². The van der Waals surface area contributed by atoms with Gasteiger partial charge in [0.15, 0.2) is 0 Å². The van der Waals surface area contributed by atoms with Crippen LogP contribution < -0.4 is 11.1 Å². The summed E-state index contributed by atoms with van der Waals surface area (Å²) in [4.78, 5) is 24.0. The summed E-state index contributed by atoms with van der Waals surface area (Å²) in [6, 6.07) is 5.48. The summed E-state index contributed by atoms with van der Waals surface area (Å²) < 4.78 is 1.67. The van der Waals surface area contributed by atoms with E-state index in [0.29, 0.717) is 18.4 Å². The van der Waals surface area contributed by atoms with Gasteiger partial charge < -0.3 is 11.1 Å². The van der Waals surface area contributed by atoms with Crippen LogP contribution in [0.2, 0.25) is 0 Å². The smallest absolute Gasteiger partial charge is 0.253 e. The van der Waals surface area contributed by atoms with Crippen LogP contribution in [0.4, 0.5) is 0 Å². The van der Waals surface area contributed by atoms with Crippen LogP contribution in [0.3, 0.4) is 0 Å². The lowest BCUT2D eigenvalue weighted by Crippen LogP contribution is -2.55. The third-order valence-electron chi connectivity index (χ3n) is 3.45. The molecule has 1 saturated carbocycles. The molecule has 0 aromatic heterocycles. The van der Waals surface area contributed by atoms with Crippen LogP contribution in [-0.2, 0) is 4.79 Å². The number of benzene rings is 1. The van der Waals surface area contributed by atoms with Gasteiger partial charge in [0.05, 0.1) is 5.56 Å². The van der Waals surface area contributed by atoms with Crippen LogP contribution in [0.15, 0.2) is 22.7 Å². The van der Waals surface area contributed by atoms with Crippen molar-refractivity contribution in [3.8, 4) is 0 Å². The Labute approximate surface area is 133 Å². The van der Waals surface area contributed by atoms with Crippen molar-refractivity contribution in [3.63, 3.8) is 0 Å². The molecule has 0 radical (unpaired) electrons. The molecule has 1 aromatic carbocycles. The predicted octanol–water partition coefficient (Wildman–Crippen LogP) is 2.58. The molecule has 1 aliphatic rings. The number of nitrogens with two attached hydrogens (primary N) is 1. The van der Waals surface area contributed by atoms with E-state index in [4.69, 9.17) is 5.73 Å². The number of carbonyl (C=O) groups is 2. The third kappa shape index (κ3) is 3.10. The first-order chi connectivity index (χ1) is 8.94. The van der Waals surface area contributed by atoms with E-state index < -0.39 is 11.4 Å². The Kier molecular flexibility index (Phi) is 4.50. The standard InChI is InChI=1S/C13H14BrIN2O2/c14-8-3-4-10(15)9(7-8)11(18)17-13(12(16)19)5-1-2-6-13/h3-4,7H,1-2,5-6H2,(H2,16,19)(H,17,18). The molecular weight excluding hydrogens is 423 g/mol. The van der Waals surface area contributed by atoms with Gasteiger partial charge in [-0.05, 0) is 53.6 Å². The quantitative estimate of drug-likeness (QED) is 0.715. The molecule has 0 saturated heterocycles. The summed E-state index contributed by atoms with van der Waals surface area (Å²) >= 11 is 5.45. The van der Waals surface area contributed by atoms with Crippen molar-refractivity contribution in [1.29, 1.82) is 0 Å². The Balaban J connectivity index is 2.25. The van der Waals surface area contributed by atoms with Crippen molar-refractivity contribution in [3.05, 3.63) is 31.8 Å². The van der Waals surface area contributed by atoms with Gasteiger partial charge in [0, 0.05) is 8.04 Å². The zero-order chi connectivity index (χ0) is 14.0. The number of amides is 2. The number of hydrogen-bond donors (Lipinski definition) is 2. The van der Waals surface area contributed by atoms with Gasteiger partial charge >= 0.3 is 0 Å². The van der Waals surface area contributed by atoms with Crippen LogP contribution in [0.25, 0.3) is 0 Å². The number of halogens is 2. The zero-order valence-corrected chi connectivity index (χ0v) is 14.0. The molecule has 0 spiro atoms. The number of hydrogen-bond acceptors (Lipinski definition) is 2. The van der Waals surface area contributed by atoms with Gasteiger partial charge in [-0.3, -0.25) is 9.59 Å². The lowest BCUT2D eigenvalue weighted by molar-refractivity contribution is -0.123. The van der Waals surface area contributed by atoms with Gasteiger partial charge in [-0.1, -0.05) is 28.8 Å². The molecule has 3 N–H and O–H groups in total. The molecule has 0 atom stereocenters. The Morgan fingerprint density at radius 1 is 1.32 bits per heavy atom. The average molecular weight is 437 g/mol. The molecule has 2 rings (SSSR count). The Hall–Kier alpha value is -0.630. The summed E-state index contributed by atoms with van der Waals surface area (Å²) in [5, 5.41) is 2.84. The van der Waals surface area contributed by atoms with Gasteiger partial charge in [-0.25, -0.2) is 0 Å². The minimum absolute atomic E-state index is 0.244. The first-order valence-electron chi connectivity index (χ1n) is 6.02. The second-order valence-corrected chi connectivity index (χ2v) is 6.81.